The number of nitrogens with two attached hydrogens (primary N) is 1. The number of hydrogen-bond donors (Lipinski definition) is 3. The van der Waals surface area contributed by atoms with Crippen LogP contribution in [-0.2, 0) is 6.61 Å². The molecule has 2 rings (SSSR count). The van der Waals surface area contributed by atoms with E-state index >= 15 is 0 Å². The van der Waals surface area contributed by atoms with E-state index in [-0.39, 0.29) is 23.6 Å². The molecule has 98 valence electrons. The SMILES string of the molecule is Nc1c(Oc2ccc(CO)cc2)cccc1C(=O)O. The number of nitrogen functional groups attached to an aromatic ring is 1. The van der Waals surface area contributed by atoms with Gasteiger partial charge in [0.25, 0.3) is 0 Å². The molecule has 2 aromatic rings. The summed E-state index contributed by atoms with van der Waals surface area (Å²) < 4.78 is 5.53. The number of carboxylic acids is 1. The highest BCUT2D eigenvalue weighted by molar-refractivity contribution is 5.95. The van der Waals surface area contributed by atoms with E-state index < -0.39 is 5.97 Å². The van der Waals surface area contributed by atoms with Crippen LogP contribution in [0.2, 0.25) is 0 Å². The van der Waals surface area contributed by atoms with Crippen LogP contribution in [0.5, 0.6) is 11.5 Å². The van der Waals surface area contributed by atoms with E-state index in [9.17, 15) is 4.79 Å². The van der Waals surface area contributed by atoms with Crippen molar-refractivity contribution in [2.75, 3.05) is 5.73 Å². The highest BCUT2D eigenvalue weighted by Crippen LogP contribution is 2.30. The second-order valence-electron chi connectivity index (χ2n) is 3.93. The predicted octanol–water partition coefficient (Wildman–Crippen LogP) is 2.25. The first-order chi connectivity index (χ1) is 9.11. The molecule has 0 radical (unpaired) electrons. The minimum Gasteiger partial charge on any atom is -0.478 e. The van der Waals surface area contributed by atoms with Gasteiger partial charge in [-0.1, -0.05) is 18.2 Å². The van der Waals surface area contributed by atoms with Gasteiger partial charge in [-0.05, 0) is 29.8 Å². The van der Waals surface area contributed by atoms with Crippen molar-refractivity contribution < 1.29 is 19.7 Å². The summed E-state index contributed by atoms with van der Waals surface area (Å²) in [5.41, 5.74) is 6.59. The van der Waals surface area contributed by atoms with Gasteiger partial charge in [0.1, 0.15) is 5.75 Å². The molecule has 4 N–H and O–H groups in total. The van der Waals surface area contributed by atoms with Gasteiger partial charge in [0.2, 0.25) is 0 Å². The average Bonchev–Trinajstić information content (AvgIpc) is 2.41. The number of carbonyl (C=O) groups is 1. The molecule has 0 spiro atoms. The summed E-state index contributed by atoms with van der Waals surface area (Å²) in [6, 6.07) is 11.4. The Morgan fingerprint density at radius 1 is 1.16 bits per heavy atom. The molecule has 0 amide bonds. The van der Waals surface area contributed by atoms with Gasteiger partial charge in [0.15, 0.2) is 5.75 Å². The lowest BCUT2D eigenvalue weighted by atomic mass is 10.1. The number of aliphatic hydroxyl groups is 1. The van der Waals surface area contributed by atoms with Crippen molar-refractivity contribution >= 4 is 11.7 Å². The zero-order valence-corrected chi connectivity index (χ0v) is 10.0. The molecule has 5 heteroatoms. The van der Waals surface area contributed by atoms with E-state index in [1.807, 2.05) is 0 Å². The van der Waals surface area contributed by atoms with Crippen molar-refractivity contribution in [3.63, 3.8) is 0 Å². The van der Waals surface area contributed by atoms with Crippen LogP contribution in [0.4, 0.5) is 5.69 Å². The maximum absolute atomic E-state index is 10.9. The first kappa shape index (κ1) is 12.9. The minimum absolute atomic E-state index is 0.00415. The molecule has 19 heavy (non-hydrogen) atoms. The molecule has 0 saturated carbocycles. The summed E-state index contributed by atoms with van der Waals surface area (Å²) in [6.07, 6.45) is 0. The van der Waals surface area contributed by atoms with Gasteiger partial charge in [-0.15, -0.1) is 0 Å². The normalized spacial score (nSPS) is 10.2. The van der Waals surface area contributed by atoms with E-state index in [2.05, 4.69) is 0 Å². The number of ether oxygens (including phenoxy) is 1. The Kier molecular flexibility index (Phi) is 3.68. The zero-order valence-electron chi connectivity index (χ0n) is 10.0. The Bertz CT molecular complexity index is 593. The number of benzene rings is 2. The van der Waals surface area contributed by atoms with Gasteiger partial charge in [-0.3, -0.25) is 0 Å². The number of aromatic carboxylic acids is 1. The van der Waals surface area contributed by atoms with Gasteiger partial charge in [0.05, 0.1) is 17.9 Å². The van der Waals surface area contributed by atoms with Crippen LogP contribution >= 0.6 is 0 Å². The third-order valence-electron chi connectivity index (χ3n) is 2.63. The molecule has 0 heterocycles. The first-order valence-electron chi connectivity index (χ1n) is 5.61. The topological polar surface area (TPSA) is 92.8 Å². The third kappa shape index (κ3) is 2.83. The number of anilines is 1. The zero-order chi connectivity index (χ0) is 13.8. The van der Waals surface area contributed by atoms with Crippen LogP contribution < -0.4 is 10.5 Å². The average molecular weight is 259 g/mol. The second kappa shape index (κ2) is 5.41. The fraction of sp³-hybridized carbons (Fsp3) is 0.0714. The number of carboxylic acid groups (broad SMARTS) is 1. The van der Waals surface area contributed by atoms with Crippen molar-refractivity contribution in [2.24, 2.45) is 0 Å². The number of hydrogen-bond acceptors (Lipinski definition) is 4. The molecule has 0 aliphatic carbocycles. The second-order valence-corrected chi connectivity index (χ2v) is 3.93. The molecule has 0 fully saturated rings. The lowest BCUT2D eigenvalue weighted by Gasteiger charge is -2.10. The molecule has 0 bridgehead atoms. The van der Waals surface area contributed by atoms with Gasteiger partial charge in [-0.25, -0.2) is 4.79 Å². The molecule has 0 aromatic heterocycles. The van der Waals surface area contributed by atoms with Crippen molar-refractivity contribution in [1.82, 2.24) is 0 Å². The largest absolute Gasteiger partial charge is 0.478 e. The molecule has 0 unspecified atom stereocenters. The van der Waals surface area contributed by atoms with Crippen molar-refractivity contribution in [3.05, 3.63) is 53.6 Å². The summed E-state index contributed by atoms with van der Waals surface area (Å²) in [4.78, 5) is 10.9. The predicted molar refractivity (Wildman–Crippen MR) is 70.3 cm³/mol. The maximum Gasteiger partial charge on any atom is 0.337 e. The van der Waals surface area contributed by atoms with Crippen LogP contribution in [-0.4, -0.2) is 16.2 Å². The molecule has 2 aromatic carbocycles. The quantitative estimate of drug-likeness (QED) is 0.732. The molecule has 0 aliphatic heterocycles. The summed E-state index contributed by atoms with van der Waals surface area (Å²) in [7, 11) is 0. The van der Waals surface area contributed by atoms with Crippen molar-refractivity contribution in [2.45, 2.75) is 6.61 Å². The molecule has 0 aliphatic rings. The standard InChI is InChI=1S/C14H13NO4/c15-13-11(14(17)18)2-1-3-12(13)19-10-6-4-9(8-16)5-7-10/h1-7,16H,8,15H2,(H,17,18). The fourth-order valence-electron chi connectivity index (χ4n) is 1.61. The molecular weight excluding hydrogens is 246 g/mol. The molecule has 0 atom stereocenters. The third-order valence-corrected chi connectivity index (χ3v) is 2.63. The Morgan fingerprint density at radius 2 is 1.84 bits per heavy atom. The van der Waals surface area contributed by atoms with Gasteiger partial charge in [-0.2, -0.15) is 0 Å². The van der Waals surface area contributed by atoms with Gasteiger partial charge in [0, 0.05) is 0 Å². The molecule has 0 saturated heterocycles. The van der Waals surface area contributed by atoms with Crippen LogP contribution in [0.1, 0.15) is 15.9 Å². The lowest BCUT2D eigenvalue weighted by Crippen LogP contribution is -2.03. The van der Waals surface area contributed by atoms with E-state index in [4.69, 9.17) is 20.7 Å². The van der Waals surface area contributed by atoms with E-state index in [1.54, 1.807) is 36.4 Å². The highest BCUT2D eigenvalue weighted by Gasteiger charge is 2.12. The Hall–Kier alpha value is -2.53. The smallest absolute Gasteiger partial charge is 0.337 e. The summed E-state index contributed by atoms with van der Waals surface area (Å²) >= 11 is 0. The van der Waals surface area contributed by atoms with E-state index in [0.29, 0.717) is 5.75 Å². The lowest BCUT2D eigenvalue weighted by molar-refractivity contribution is 0.0697. The number of para-hydroxylation sites is 1. The number of aliphatic hydroxyl groups excluding tert-OH is 1. The molecular formula is C14H13NO4. The van der Waals surface area contributed by atoms with E-state index in [1.165, 1.54) is 6.07 Å². The Morgan fingerprint density at radius 3 is 2.42 bits per heavy atom. The summed E-state index contributed by atoms with van der Waals surface area (Å²) in [5, 5.41) is 17.9. The minimum atomic E-state index is -1.10. The molecule has 5 nitrogen and oxygen atoms in total. The van der Waals surface area contributed by atoms with Crippen LogP contribution in [0.3, 0.4) is 0 Å². The van der Waals surface area contributed by atoms with Crippen LogP contribution in [0.15, 0.2) is 42.5 Å². The first-order valence-corrected chi connectivity index (χ1v) is 5.61. The maximum atomic E-state index is 10.9. The fourth-order valence-corrected chi connectivity index (χ4v) is 1.61. The van der Waals surface area contributed by atoms with Crippen molar-refractivity contribution in [1.29, 1.82) is 0 Å². The summed E-state index contributed by atoms with van der Waals surface area (Å²) in [5.74, 6) is -0.290. The van der Waals surface area contributed by atoms with E-state index in [0.717, 1.165) is 5.56 Å². The van der Waals surface area contributed by atoms with Crippen molar-refractivity contribution in [3.8, 4) is 11.5 Å². The van der Waals surface area contributed by atoms with Gasteiger partial charge >= 0.3 is 5.97 Å². The summed E-state index contributed by atoms with van der Waals surface area (Å²) in [6.45, 7) is -0.0447. The van der Waals surface area contributed by atoms with Crippen LogP contribution in [0.25, 0.3) is 0 Å². The highest BCUT2D eigenvalue weighted by atomic mass is 16.5. The van der Waals surface area contributed by atoms with Crippen LogP contribution in [0, 0.1) is 0 Å². The van der Waals surface area contributed by atoms with Gasteiger partial charge < -0.3 is 20.7 Å². The Labute approximate surface area is 109 Å². The monoisotopic (exact) mass is 259 g/mol. The number of rotatable bonds is 4. The Balaban J connectivity index is 2.27.